The Balaban J connectivity index is 1.46. The number of carbonyl (C=O) groups excluding carboxylic acids is 3. The fraction of sp³-hybridized carbons (Fsp3) is 0.448. The molecule has 0 bridgehead atoms. The Hall–Kier alpha value is -4.03. The number of nitrogens with one attached hydrogen (secondary N) is 3. The maximum absolute atomic E-state index is 13.5. The van der Waals surface area contributed by atoms with Crippen LogP contribution >= 0.6 is 11.8 Å². The number of anilines is 1. The number of halogens is 3. The second-order valence-electron chi connectivity index (χ2n) is 10.9. The molecule has 2 aromatic rings. The van der Waals surface area contributed by atoms with E-state index < -0.39 is 69.6 Å². The quantitative estimate of drug-likeness (QED) is 0.287. The second-order valence-corrected chi connectivity index (χ2v) is 13.8. The molecule has 2 aromatic carbocycles. The molecule has 1 unspecified atom stereocenters. The highest BCUT2D eigenvalue weighted by molar-refractivity contribution is 7.98. The van der Waals surface area contributed by atoms with Gasteiger partial charge in [0.15, 0.2) is 9.84 Å². The van der Waals surface area contributed by atoms with Crippen molar-refractivity contribution < 1.29 is 50.6 Å². The number of hydrogen-bond acceptors (Lipinski definition) is 8. The van der Waals surface area contributed by atoms with Gasteiger partial charge in [-0.25, -0.2) is 18.0 Å². The van der Waals surface area contributed by atoms with Gasteiger partial charge in [-0.15, -0.1) is 11.8 Å². The Labute approximate surface area is 273 Å². The molecule has 256 valence electrons. The summed E-state index contributed by atoms with van der Waals surface area (Å²) in [6.45, 7) is 0.108. The maximum Gasteiger partial charge on any atom is 0.416 e. The van der Waals surface area contributed by atoms with Gasteiger partial charge in [0.25, 0.3) is 5.91 Å². The number of urea groups is 1. The zero-order valence-corrected chi connectivity index (χ0v) is 26.8. The predicted molar refractivity (Wildman–Crippen MR) is 165 cm³/mol. The van der Waals surface area contributed by atoms with Crippen LogP contribution in [0.4, 0.5) is 28.4 Å². The molecule has 0 saturated carbocycles. The first kappa shape index (κ1) is 35.8. The largest absolute Gasteiger partial charge is 0.465 e. The normalized spacial score (nSPS) is 18.7. The summed E-state index contributed by atoms with van der Waals surface area (Å²) < 4.78 is 72.0. The zero-order valence-electron chi connectivity index (χ0n) is 25.2. The van der Waals surface area contributed by atoms with Crippen LogP contribution in [-0.4, -0.2) is 111 Å². The lowest BCUT2D eigenvalue weighted by atomic mass is 9.93. The van der Waals surface area contributed by atoms with E-state index in [0.29, 0.717) is 12.1 Å². The molecule has 0 aromatic heterocycles. The summed E-state index contributed by atoms with van der Waals surface area (Å²) in [6, 6.07) is 6.89. The molecular weight excluding hydrogens is 667 g/mol. The molecule has 0 aliphatic carbocycles. The van der Waals surface area contributed by atoms with Gasteiger partial charge in [-0.1, -0.05) is 0 Å². The molecule has 2 atom stereocenters. The van der Waals surface area contributed by atoms with Crippen molar-refractivity contribution in [2.24, 2.45) is 5.92 Å². The first-order valence-electron chi connectivity index (χ1n) is 14.4. The summed E-state index contributed by atoms with van der Waals surface area (Å²) in [5.74, 6) is -2.98. The molecule has 4 N–H and O–H groups in total. The van der Waals surface area contributed by atoms with Gasteiger partial charge in [0.1, 0.15) is 0 Å². The monoisotopic (exact) mass is 701 g/mol. The minimum atomic E-state index is -4.80. The van der Waals surface area contributed by atoms with Gasteiger partial charge in [0, 0.05) is 31.1 Å². The number of ether oxygens (including phenoxy) is 1. The Morgan fingerprint density at radius 1 is 1.02 bits per heavy atom. The molecule has 2 aliphatic heterocycles. The number of nitrogens with zero attached hydrogens (tertiary/aromatic N) is 2. The predicted octanol–water partition coefficient (Wildman–Crippen LogP) is 2.98. The first-order chi connectivity index (χ1) is 22.2. The molecule has 5 amide bonds. The first-order valence-corrected chi connectivity index (χ1v) is 17.3. The van der Waals surface area contributed by atoms with Crippen molar-refractivity contribution in [1.29, 1.82) is 0 Å². The van der Waals surface area contributed by atoms with Crippen LogP contribution in [0, 0.1) is 5.92 Å². The van der Waals surface area contributed by atoms with Gasteiger partial charge in [-0.2, -0.15) is 13.2 Å². The van der Waals surface area contributed by atoms with Crippen LogP contribution in [0.25, 0.3) is 0 Å². The van der Waals surface area contributed by atoms with E-state index in [2.05, 4.69) is 16.0 Å². The van der Waals surface area contributed by atoms with Crippen molar-refractivity contribution in [2.75, 3.05) is 63.3 Å². The zero-order chi connectivity index (χ0) is 34.4. The topological polar surface area (TPSA) is 174 Å². The fourth-order valence-electron chi connectivity index (χ4n) is 5.19. The van der Waals surface area contributed by atoms with Crippen molar-refractivity contribution in [3.8, 4) is 0 Å². The van der Waals surface area contributed by atoms with Crippen molar-refractivity contribution in [1.82, 2.24) is 20.4 Å². The van der Waals surface area contributed by atoms with Crippen LogP contribution in [0.5, 0.6) is 0 Å². The summed E-state index contributed by atoms with van der Waals surface area (Å²) in [5, 5.41) is 16.8. The molecule has 13 nitrogen and oxygen atoms in total. The third-order valence-corrected chi connectivity index (χ3v) is 10.4. The molecule has 0 spiro atoms. The molecule has 4 rings (SSSR count). The van der Waals surface area contributed by atoms with Crippen LogP contribution in [0.15, 0.2) is 52.3 Å². The van der Waals surface area contributed by atoms with Gasteiger partial charge in [0.2, 0.25) is 5.91 Å². The Kier molecular flexibility index (Phi) is 11.6. The standard InChI is InChI=1S/C29H34F3N5O8S2/c1-46-20-3-5-21(6-4-20)47(43,44)17-18-8-9-37(28(41)42)16-24(18)34-25(38)15-33-26(39)22-14-19(29(30,31)32)2-7-23(22)35-27(40)36-10-12-45-13-11-36/h2-7,14,18,24H,8-13,15-17H2,1H3,(H,33,39)(H,34,38)(H,35,40)(H,41,42)/t18-,24?/m0/s1. The molecule has 2 aliphatic rings. The number of alkyl halides is 3. The molecule has 2 fully saturated rings. The second kappa shape index (κ2) is 15.2. The molecule has 47 heavy (non-hydrogen) atoms. The van der Waals surface area contributed by atoms with E-state index >= 15 is 0 Å². The van der Waals surface area contributed by atoms with Gasteiger partial charge in [0.05, 0.1) is 53.3 Å². The Bertz CT molecular complexity index is 1590. The lowest BCUT2D eigenvalue weighted by molar-refractivity contribution is -0.137. The van der Waals surface area contributed by atoms with Crippen molar-refractivity contribution in [3.63, 3.8) is 0 Å². The van der Waals surface area contributed by atoms with Gasteiger partial charge in [-0.05, 0) is 61.1 Å². The van der Waals surface area contributed by atoms with Crippen LogP contribution in [-0.2, 0) is 25.5 Å². The molecular formula is C29H34F3N5O8S2. The third kappa shape index (κ3) is 9.51. The van der Waals surface area contributed by atoms with Crippen LogP contribution in [0.1, 0.15) is 22.3 Å². The summed E-state index contributed by atoms with van der Waals surface area (Å²) in [5.41, 5.74) is -1.91. The molecule has 2 heterocycles. The number of carbonyl (C=O) groups is 4. The van der Waals surface area contributed by atoms with E-state index in [4.69, 9.17) is 4.74 Å². The van der Waals surface area contributed by atoms with E-state index in [1.807, 2.05) is 6.26 Å². The highest BCUT2D eigenvalue weighted by Crippen LogP contribution is 2.32. The number of piperidine rings is 1. The highest BCUT2D eigenvalue weighted by atomic mass is 32.2. The lowest BCUT2D eigenvalue weighted by Gasteiger charge is -2.37. The number of morpholine rings is 1. The van der Waals surface area contributed by atoms with E-state index in [-0.39, 0.29) is 62.1 Å². The van der Waals surface area contributed by atoms with E-state index in [9.17, 15) is 45.9 Å². The number of benzene rings is 2. The number of sulfone groups is 1. The van der Waals surface area contributed by atoms with E-state index in [1.54, 1.807) is 12.1 Å². The van der Waals surface area contributed by atoms with Gasteiger partial charge in [-0.3, -0.25) is 9.59 Å². The SMILES string of the molecule is CSc1ccc(S(=O)(=O)C[C@@H]2CCN(C(=O)O)CC2NC(=O)CNC(=O)c2cc(C(F)(F)F)ccc2NC(=O)N2CCOCC2)cc1. The van der Waals surface area contributed by atoms with Crippen LogP contribution < -0.4 is 16.0 Å². The fourth-order valence-corrected chi connectivity index (χ4v) is 7.30. The average Bonchev–Trinajstić information content (AvgIpc) is 3.04. The summed E-state index contributed by atoms with van der Waals surface area (Å²) in [7, 11) is -3.83. The highest BCUT2D eigenvalue weighted by Gasteiger charge is 2.36. The lowest BCUT2D eigenvalue weighted by Crippen LogP contribution is -2.56. The van der Waals surface area contributed by atoms with Crippen molar-refractivity contribution in [3.05, 3.63) is 53.6 Å². The minimum absolute atomic E-state index is 0.0402. The van der Waals surface area contributed by atoms with Gasteiger partial charge >= 0.3 is 18.3 Å². The Morgan fingerprint density at radius 3 is 2.32 bits per heavy atom. The van der Waals surface area contributed by atoms with Crippen LogP contribution in [0.3, 0.4) is 0 Å². The summed E-state index contributed by atoms with van der Waals surface area (Å²) in [6.07, 6.45) is -4.09. The number of thioether (sulfide) groups is 1. The maximum atomic E-state index is 13.5. The molecule has 0 radical (unpaired) electrons. The van der Waals surface area contributed by atoms with Gasteiger partial charge < -0.3 is 35.6 Å². The Morgan fingerprint density at radius 2 is 1.70 bits per heavy atom. The summed E-state index contributed by atoms with van der Waals surface area (Å²) >= 11 is 1.44. The van der Waals surface area contributed by atoms with Crippen molar-refractivity contribution in [2.45, 2.75) is 28.4 Å². The molecule has 2 saturated heterocycles. The number of carboxylic acid groups (broad SMARTS) is 1. The number of rotatable bonds is 9. The smallest absolute Gasteiger partial charge is 0.416 e. The minimum Gasteiger partial charge on any atom is -0.465 e. The third-order valence-electron chi connectivity index (χ3n) is 7.77. The number of amides is 5. The summed E-state index contributed by atoms with van der Waals surface area (Å²) in [4.78, 5) is 53.7. The number of hydrogen-bond donors (Lipinski definition) is 4. The van der Waals surface area contributed by atoms with Crippen LogP contribution in [0.2, 0.25) is 0 Å². The number of likely N-dealkylation sites (tertiary alicyclic amines) is 1. The van der Waals surface area contributed by atoms with E-state index in [0.717, 1.165) is 15.9 Å². The molecule has 18 heteroatoms. The average molecular weight is 702 g/mol. The van der Waals surface area contributed by atoms with E-state index in [1.165, 1.54) is 28.8 Å². The van der Waals surface area contributed by atoms with Crippen molar-refractivity contribution >= 4 is 51.2 Å².